The zero-order chi connectivity index (χ0) is 8.10. The summed E-state index contributed by atoms with van der Waals surface area (Å²) >= 11 is 2.32. The molecule has 1 aromatic rings. The second kappa shape index (κ2) is 4.75. The molecule has 0 aromatic heterocycles. The Morgan fingerprint density at radius 2 is 1.91 bits per heavy atom. The molecule has 0 N–H and O–H groups in total. The molecule has 59 valence electrons. The van der Waals surface area contributed by atoms with Crippen molar-refractivity contribution in [1.29, 1.82) is 0 Å². The Balaban J connectivity index is 2.52. The van der Waals surface area contributed by atoms with Crippen LogP contribution in [0.2, 0.25) is 0 Å². The molecule has 1 rings (SSSR count). The Hall–Kier alpha value is -0.0500. The van der Waals surface area contributed by atoms with Gasteiger partial charge in [0.05, 0.1) is 0 Å². The summed E-state index contributed by atoms with van der Waals surface area (Å²) in [7, 11) is 0. The van der Waals surface area contributed by atoms with Crippen LogP contribution in [0.4, 0.5) is 0 Å². The highest BCUT2D eigenvalue weighted by atomic mass is 127. The topological polar surface area (TPSA) is 0 Å². The fraction of sp³-hybridized carbons (Fsp3) is 0.300. The summed E-state index contributed by atoms with van der Waals surface area (Å²) in [6.45, 7) is 2.20. The fourth-order valence-electron chi connectivity index (χ4n) is 0.910. The van der Waals surface area contributed by atoms with E-state index in [0.29, 0.717) is 0 Å². The number of hydrogen-bond donors (Lipinski definition) is 0. The summed E-state index contributed by atoms with van der Waals surface area (Å²) in [5.74, 6) is 0. The molecule has 0 amide bonds. The summed E-state index contributed by atoms with van der Waals surface area (Å²) < 4.78 is 1.30. The summed E-state index contributed by atoms with van der Waals surface area (Å²) in [6.07, 6.45) is 4.68. The van der Waals surface area contributed by atoms with Gasteiger partial charge in [-0.3, -0.25) is 0 Å². The molecule has 0 nitrogen and oxygen atoms in total. The van der Waals surface area contributed by atoms with Gasteiger partial charge in [-0.1, -0.05) is 25.5 Å². The second-order valence-electron chi connectivity index (χ2n) is 2.54. The molecule has 0 bridgehead atoms. The Bertz CT molecular complexity index is 201. The van der Waals surface area contributed by atoms with Gasteiger partial charge in [-0.15, -0.1) is 0 Å². The van der Waals surface area contributed by atoms with Crippen molar-refractivity contribution in [2.45, 2.75) is 19.8 Å². The molecule has 0 aliphatic rings. The molecule has 11 heavy (non-hydrogen) atoms. The van der Waals surface area contributed by atoms with Crippen molar-refractivity contribution in [2.24, 2.45) is 0 Å². The first-order valence-corrected chi connectivity index (χ1v) is 4.99. The van der Waals surface area contributed by atoms with E-state index in [0.717, 1.165) is 0 Å². The minimum Gasteiger partial charge on any atom is -0.0654 e. The van der Waals surface area contributed by atoms with Crippen LogP contribution in [-0.2, 0) is 0 Å². The maximum Gasteiger partial charge on any atom is 0.0130 e. The first kappa shape index (κ1) is 9.04. The van der Waals surface area contributed by atoms with E-state index in [2.05, 4.69) is 60.2 Å². The van der Waals surface area contributed by atoms with Crippen molar-refractivity contribution < 1.29 is 0 Å². The Labute approximate surface area is 82.2 Å². The van der Waals surface area contributed by atoms with Gasteiger partial charge in [-0.25, -0.2) is 0 Å². The second-order valence-corrected chi connectivity index (χ2v) is 3.79. The number of unbranched alkanes of at least 4 members (excludes halogenated alkanes) is 1. The van der Waals surface area contributed by atoms with Gasteiger partial charge in [0.2, 0.25) is 0 Å². The van der Waals surface area contributed by atoms with Crippen LogP contribution in [0.5, 0.6) is 0 Å². The van der Waals surface area contributed by atoms with Crippen molar-refractivity contribution >= 4 is 22.6 Å². The number of halogens is 1. The maximum absolute atomic E-state index is 2.32. The molecule has 1 aromatic carbocycles. The van der Waals surface area contributed by atoms with Crippen LogP contribution in [0, 0.1) is 9.99 Å². The lowest BCUT2D eigenvalue weighted by atomic mass is 10.1. The average Bonchev–Trinajstić information content (AvgIpc) is 2.04. The third kappa shape index (κ3) is 3.23. The zero-order valence-electron chi connectivity index (χ0n) is 6.68. The van der Waals surface area contributed by atoms with Gasteiger partial charge in [0.25, 0.3) is 0 Å². The normalized spacial score (nSPS) is 10.0. The molecule has 0 aliphatic heterocycles. The average molecular weight is 259 g/mol. The number of benzene rings is 1. The van der Waals surface area contributed by atoms with Crippen molar-refractivity contribution in [3.05, 3.63) is 39.8 Å². The zero-order valence-corrected chi connectivity index (χ0v) is 8.84. The van der Waals surface area contributed by atoms with Crippen molar-refractivity contribution in [2.75, 3.05) is 0 Å². The van der Waals surface area contributed by atoms with Gasteiger partial charge in [0, 0.05) is 3.57 Å². The molecule has 0 atom stereocenters. The lowest BCUT2D eigenvalue weighted by molar-refractivity contribution is 0.913. The summed E-state index contributed by atoms with van der Waals surface area (Å²) in [6, 6.07) is 8.61. The largest absolute Gasteiger partial charge is 0.0654 e. The molecular formula is C10H12I. The van der Waals surface area contributed by atoms with Crippen LogP contribution in [0.15, 0.2) is 24.3 Å². The van der Waals surface area contributed by atoms with Gasteiger partial charge in [0.15, 0.2) is 0 Å². The number of rotatable bonds is 3. The SMILES string of the molecule is CCC[CH]c1ccc(I)cc1. The predicted molar refractivity (Wildman–Crippen MR) is 57.5 cm³/mol. The first-order valence-electron chi connectivity index (χ1n) is 3.91. The van der Waals surface area contributed by atoms with E-state index in [-0.39, 0.29) is 0 Å². The van der Waals surface area contributed by atoms with Crippen LogP contribution in [0.3, 0.4) is 0 Å². The lowest BCUT2D eigenvalue weighted by Crippen LogP contribution is -1.80. The van der Waals surface area contributed by atoms with Gasteiger partial charge < -0.3 is 0 Å². The highest BCUT2D eigenvalue weighted by Crippen LogP contribution is 2.10. The fourth-order valence-corrected chi connectivity index (χ4v) is 1.27. The number of hydrogen-bond acceptors (Lipinski definition) is 0. The summed E-state index contributed by atoms with van der Waals surface area (Å²) in [5, 5.41) is 0. The molecule has 1 heteroatoms. The molecule has 0 saturated carbocycles. The van der Waals surface area contributed by atoms with Crippen LogP contribution in [-0.4, -0.2) is 0 Å². The van der Waals surface area contributed by atoms with E-state index < -0.39 is 0 Å². The highest BCUT2D eigenvalue weighted by molar-refractivity contribution is 14.1. The third-order valence-corrected chi connectivity index (χ3v) is 2.26. The summed E-state index contributed by atoms with van der Waals surface area (Å²) in [5.41, 5.74) is 1.34. The minimum atomic E-state index is 1.18. The predicted octanol–water partition coefficient (Wildman–Crippen LogP) is 3.64. The Morgan fingerprint density at radius 1 is 1.27 bits per heavy atom. The molecule has 0 unspecified atom stereocenters. The Kier molecular flexibility index (Phi) is 3.91. The van der Waals surface area contributed by atoms with E-state index in [1.165, 1.54) is 22.0 Å². The van der Waals surface area contributed by atoms with Crippen molar-refractivity contribution in [3.63, 3.8) is 0 Å². The smallest absolute Gasteiger partial charge is 0.0130 e. The molecule has 0 aliphatic carbocycles. The van der Waals surface area contributed by atoms with Gasteiger partial charge in [-0.2, -0.15) is 0 Å². The molecule has 1 radical (unpaired) electrons. The van der Waals surface area contributed by atoms with Crippen LogP contribution in [0.25, 0.3) is 0 Å². The quantitative estimate of drug-likeness (QED) is 0.727. The van der Waals surface area contributed by atoms with Gasteiger partial charge in [0.1, 0.15) is 0 Å². The van der Waals surface area contributed by atoms with Gasteiger partial charge >= 0.3 is 0 Å². The van der Waals surface area contributed by atoms with Gasteiger partial charge in [-0.05, 0) is 53.1 Å². The van der Waals surface area contributed by atoms with Crippen molar-refractivity contribution in [3.8, 4) is 0 Å². The first-order chi connectivity index (χ1) is 5.33. The van der Waals surface area contributed by atoms with Crippen molar-refractivity contribution in [1.82, 2.24) is 0 Å². The standard InChI is InChI=1S/C10H12I/c1-2-3-4-9-5-7-10(11)8-6-9/h4-8H,2-3H2,1H3. The summed E-state index contributed by atoms with van der Waals surface area (Å²) in [4.78, 5) is 0. The monoisotopic (exact) mass is 259 g/mol. The van der Waals surface area contributed by atoms with E-state index in [1.54, 1.807) is 0 Å². The minimum absolute atomic E-state index is 1.18. The van der Waals surface area contributed by atoms with E-state index >= 15 is 0 Å². The molecule has 0 saturated heterocycles. The van der Waals surface area contributed by atoms with Crippen LogP contribution < -0.4 is 0 Å². The van der Waals surface area contributed by atoms with Crippen LogP contribution in [0.1, 0.15) is 25.3 Å². The van der Waals surface area contributed by atoms with Crippen LogP contribution >= 0.6 is 22.6 Å². The molecule has 0 fully saturated rings. The highest BCUT2D eigenvalue weighted by Gasteiger charge is 1.91. The lowest BCUT2D eigenvalue weighted by Gasteiger charge is -1.97. The van der Waals surface area contributed by atoms with E-state index in [1.807, 2.05) is 0 Å². The maximum atomic E-state index is 2.32. The third-order valence-electron chi connectivity index (χ3n) is 1.54. The van der Waals surface area contributed by atoms with E-state index in [4.69, 9.17) is 0 Å². The molecular weight excluding hydrogens is 247 g/mol. The molecule has 0 heterocycles. The Morgan fingerprint density at radius 3 is 2.45 bits per heavy atom. The van der Waals surface area contributed by atoms with E-state index in [9.17, 15) is 0 Å². The molecule has 0 spiro atoms.